The standard InChI is InChI=1S/C22H26ClNO3/c1-21(26-2,18-9-6-10-19(23)15-18)16-24-20(25)22(11-13-27-14-12-22)17-7-4-3-5-8-17/h3-10,15H,11-14,16H2,1-2H3,(H,24,25). The molecule has 1 unspecified atom stereocenters. The van der Waals surface area contributed by atoms with Crippen molar-refractivity contribution < 1.29 is 14.3 Å². The van der Waals surface area contributed by atoms with E-state index in [-0.39, 0.29) is 5.91 Å². The van der Waals surface area contributed by atoms with Crippen LogP contribution in [0.2, 0.25) is 5.02 Å². The van der Waals surface area contributed by atoms with Gasteiger partial charge in [-0.25, -0.2) is 0 Å². The maximum atomic E-state index is 13.3. The quantitative estimate of drug-likeness (QED) is 0.812. The molecule has 1 amide bonds. The number of hydrogen-bond donors (Lipinski definition) is 1. The smallest absolute Gasteiger partial charge is 0.230 e. The highest BCUT2D eigenvalue weighted by molar-refractivity contribution is 6.30. The Kier molecular flexibility index (Phi) is 6.20. The van der Waals surface area contributed by atoms with Crippen molar-refractivity contribution in [2.75, 3.05) is 26.9 Å². The summed E-state index contributed by atoms with van der Waals surface area (Å²) in [6.45, 7) is 3.48. The van der Waals surface area contributed by atoms with Gasteiger partial charge in [0.15, 0.2) is 0 Å². The molecule has 0 aliphatic carbocycles. The van der Waals surface area contributed by atoms with E-state index in [2.05, 4.69) is 5.32 Å². The second kappa shape index (κ2) is 8.42. The summed E-state index contributed by atoms with van der Waals surface area (Å²) in [6, 6.07) is 17.5. The SMILES string of the molecule is COC(C)(CNC(=O)C1(c2ccccc2)CCOCC1)c1cccc(Cl)c1. The third-order valence-electron chi connectivity index (χ3n) is 5.58. The van der Waals surface area contributed by atoms with Gasteiger partial charge in [-0.1, -0.05) is 54.1 Å². The van der Waals surface area contributed by atoms with Crippen molar-refractivity contribution >= 4 is 17.5 Å². The molecule has 144 valence electrons. The molecule has 4 nitrogen and oxygen atoms in total. The number of amides is 1. The Bertz CT molecular complexity index is 774. The van der Waals surface area contributed by atoms with Gasteiger partial charge in [-0.3, -0.25) is 4.79 Å². The number of carbonyl (C=O) groups excluding carboxylic acids is 1. The molecule has 1 saturated heterocycles. The van der Waals surface area contributed by atoms with E-state index in [1.54, 1.807) is 7.11 Å². The highest BCUT2D eigenvalue weighted by Gasteiger charge is 2.42. The summed E-state index contributed by atoms with van der Waals surface area (Å²) in [4.78, 5) is 13.3. The van der Waals surface area contributed by atoms with Gasteiger partial charge in [0, 0.05) is 25.3 Å². The lowest BCUT2D eigenvalue weighted by molar-refractivity contribution is -0.132. The minimum atomic E-state index is -0.663. The number of benzene rings is 2. The van der Waals surface area contributed by atoms with Gasteiger partial charge < -0.3 is 14.8 Å². The van der Waals surface area contributed by atoms with Crippen molar-refractivity contribution in [1.29, 1.82) is 0 Å². The molecule has 1 aliphatic heterocycles. The van der Waals surface area contributed by atoms with E-state index in [9.17, 15) is 4.79 Å². The van der Waals surface area contributed by atoms with Crippen LogP contribution in [0.4, 0.5) is 0 Å². The summed E-state index contributed by atoms with van der Waals surface area (Å²) in [7, 11) is 1.65. The monoisotopic (exact) mass is 387 g/mol. The normalized spacial score (nSPS) is 18.5. The summed E-state index contributed by atoms with van der Waals surface area (Å²) < 4.78 is 11.3. The molecule has 1 N–H and O–H groups in total. The van der Waals surface area contributed by atoms with Crippen LogP contribution in [0.15, 0.2) is 54.6 Å². The average molecular weight is 388 g/mol. The molecule has 0 aromatic heterocycles. The van der Waals surface area contributed by atoms with Gasteiger partial charge in [0.25, 0.3) is 0 Å². The van der Waals surface area contributed by atoms with E-state index in [0.717, 1.165) is 11.1 Å². The van der Waals surface area contributed by atoms with Crippen molar-refractivity contribution in [3.63, 3.8) is 0 Å². The van der Waals surface area contributed by atoms with E-state index in [4.69, 9.17) is 21.1 Å². The van der Waals surface area contributed by atoms with Crippen LogP contribution >= 0.6 is 11.6 Å². The maximum absolute atomic E-state index is 13.3. The predicted molar refractivity (Wildman–Crippen MR) is 107 cm³/mol. The number of ether oxygens (including phenoxy) is 2. The second-order valence-corrected chi connectivity index (χ2v) is 7.62. The summed E-state index contributed by atoms with van der Waals surface area (Å²) in [5.41, 5.74) is 0.734. The topological polar surface area (TPSA) is 47.6 Å². The molecule has 1 aliphatic rings. The second-order valence-electron chi connectivity index (χ2n) is 7.19. The van der Waals surface area contributed by atoms with Gasteiger partial charge in [-0.15, -0.1) is 0 Å². The molecule has 0 radical (unpaired) electrons. The third kappa shape index (κ3) is 4.18. The molecule has 3 rings (SSSR count). The first-order valence-corrected chi connectivity index (χ1v) is 9.61. The van der Waals surface area contributed by atoms with Crippen LogP contribution < -0.4 is 5.32 Å². The average Bonchev–Trinajstić information content (AvgIpc) is 2.73. The molecule has 1 atom stereocenters. The van der Waals surface area contributed by atoms with Gasteiger partial charge >= 0.3 is 0 Å². The summed E-state index contributed by atoms with van der Waals surface area (Å²) in [6.07, 6.45) is 1.34. The van der Waals surface area contributed by atoms with E-state index < -0.39 is 11.0 Å². The fourth-order valence-corrected chi connectivity index (χ4v) is 3.84. The summed E-state index contributed by atoms with van der Waals surface area (Å²) in [5, 5.41) is 3.78. The first-order chi connectivity index (χ1) is 13.0. The van der Waals surface area contributed by atoms with E-state index >= 15 is 0 Å². The Labute approximate surface area is 165 Å². The number of nitrogens with one attached hydrogen (secondary N) is 1. The zero-order valence-electron chi connectivity index (χ0n) is 15.8. The largest absolute Gasteiger partial charge is 0.381 e. The third-order valence-corrected chi connectivity index (χ3v) is 5.81. The Hall–Kier alpha value is -1.88. The van der Waals surface area contributed by atoms with Crippen LogP contribution in [0, 0.1) is 0 Å². The number of rotatable bonds is 6. The predicted octanol–water partition coefficient (Wildman–Crippen LogP) is 4.07. The molecule has 2 aromatic carbocycles. The van der Waals surface area contributed by atoms with Crippen molar-refractivity contribution in [3.8, 4) is 0 Å². The van der Waals surface area contributed by atoms with Crippen LogP contribution in [0.3, 0.4) is 0 Å². The Balaban J connectivity index is 1.81. The molecule has 2 aromatic rings. The van der Waals surface area contributed by atoms with Crippen LogP contribution in [-0.2, 0) is 25.3 Å². The molecule has 27 heavy (non-hydrogen) atoms. The molecule has 0 spiro atoms. The molecular weight excluding hydrogens is 362 g/mol. The van der Waals surface area contributed by atoms with E-state index in [1.807, 2.05) is 61.5 Å². The lowest BCUT2D eigenvalue weighted by atomic mass is 9.73. The summed E-state index contributed by atoms with van der Waals surface area (Å²) >= 11 is 6.14. The molecular formula is C22H26ClNO3. The molecule has 0 bridgehead atoms. The molecule has 1 fully saturated rings. The molecule has 1 heterocycles. The maximum Gasteiger partial charge on any atom is 0.230 e. The van der Waals surface area contributed by atoms with Gasteiger partial charge in [0.1, 0.15) is 5.60 Å². The minimum absolute atomic E-state index is 0.0160. The number of halogens is 1. The van der Waals surface area contributed by atoms with Gasteiger partial charge in [-0.05, 0) is 43.0 Å². The molecule has 5 heteroatoms. The van der Waals surface area contributed by atoms with Crippen molar-refractivity contribution in [2.45, 2.75) is 30.8 Å². The van der Waals surface area contributed by atoms with Crippen LogP contribution in [-0.4, -0.2) is 32.8 Å². The minimum Gasteiger partial charge on any atom is -0.381 e. The first kappa shape index (κ1) is 19.9. The number of hydrogen-bond acceptors (Lipinski definition) is 3. The lowest BCUT2D eigenvalue weighted by Gasteiger charge is -2.38. The van der Waals surface area contributed by atoms with Gasteiger partial charge in [0.05, 0.1) is 12.0 Å². The Morgan fingerprint density at radius 1 is 1.19 bits per heavy atom. The Morgan fingerprint density at radius 3 is 2.52 bits per heavy atom. The van der Waals surface area contributed by atoms with Gasteiger partial charge in [-0.2, -0.15) is 0 Å². The fourth-order valence-electron chi connectivity index (χ4n) is 3.65. The number of carbonyl (C=O) groups is 1. The zero-order valence-corrected chi connectivity index (χ0v) is 16.6. The van der Waals surface area contributed by atoms with Gasteiger partial charge in [0.2, 0.25) is 5.91 Å². The Morgan fingerprint density at radius 2 is 1.89 bits per heavy atom. The van der Waals surface area contributed by atoms with Crippen molar-refractivity contribution in [1.82, 2.24) is 5.32 Å². The lowest BCUT2D eigenvalue weighted by Crippen LogP contribution is -2.51. The molecule has 0 saturated carbocycles. The summed E-state index contributed by atoms with van der Waals surface area (Å²) in [5.74, 6) is 0.0160. The van der Waals surface area contributed by atoms with Crippen molar-refractivity contribution in [3.05, 3.63) is 70.7 Å². The zero-order chi connectivity index (χ0) is 19.3. The number of methoxy groups -OCH3 is 1. The highest BCUT2D eigenvalue weighted by Crippen LogP contribution is 2.35. The highest BCUT2D eigenvalue weighted by atomic mass is 35.5. The van der Waals surface area contributed by atoms with Crippen LogP contribution in [0.1, 0.15) is 30.9 Å². The van der Waals surface area contributed by atoms with E-state index in [0.29, 0.717) is 37.6 Å². The van der Waals surface area contributed by atoms with Crippen molar-refractivity contribution in [2.24, 2.45) is 0 Å². The van der Waals surface area contributed by atoms with Crippen LogP contribution in [0.5, 0.6) is 0 Å². The fraction of sp³-hybridized carbons (Fsp3) is 0.409. The van der Waals surface area contributed by atoms with Crippen LogP contribution in [0.25, 0.3) is 0 Å². The first-order valence-electron chi connectivity index (χ1n) is 9.23. The van der Waals surface area contributed by atoms with E-state index in [1.165, 1.54) is 0 Å².